The van der Waals surface area contributed by atoms with Gasteiger partial charge in [0.05, 0.1) is 46.2 Å². The van der Waals surface area contributed by atoms with E-state index in [1.54, 1.807) is 0 Å². The summed E-state index contributed by atoms with van der Waals surface area (Å²) in [6, 6.07) is 0. The van der Waals surface area contributed by atoms with Gasteiger partial charge in [0.1, 0.15) is 0 Å². The van der Waals surface area contributed by atoms with E-state index in [0.29, 0.717) is 72.2 Å². The largest absolute Gasteiger partial charge is 0.379 e. The summed E-state index contributed by atoms with van der Waals surface area (Å²) >= 11 is 0. The van der Waals surface area contributed by atoms with Gasteiger partial charge in [-0.1, -0.05) is 13.3 Å². The molecule has 9 heteroatoms. The van der Waals surface area contributed by atoms with E-state index in [2.05, 4.69) is 12.2 Å². The van der Waals surface area contributed by atoms with Crippen LogP contribution in [0.5, 0.6) is 0 Å². The fourth-order valence-corrected chi connectivity index (χ4v) is 2.64. The van der Waals surface area contributed by atoms with E-state index in [0.717, 1.165) is 25.9 Å². The van der Waals surface area contributed by atoms with E-state index in [-0.39, 0.29) is 17.7 Å². The first-order valence-electron chi connectivity index (χ1n) is 10.8. The van der Waals surface area contributed by atoms with Gasteiger partial charge in [-0.25, -0.2) is 0 Å². The zero-order valence-corrected chi connectivity index (χ0v) is 18.1. The molecule has 0 saturated heterocycles. The Morgan fingerprint density at radius 3 is 1.90 bits per heavy atom. The second kappa shape index (κ2) is 18.0. The highest BCUT2D eigenvalue weighted by atomic mass is 16.6. The smallest absolute Gasteiger partial charge is 0.253 e. The SMILES string of the molecule is CCCOCCOCCOCCOCCNC(=O)CCCCCN1C(=O)C=CC1=O. The van der Waals surface area contributed by atoms with Crippen molar-refractivity contribution in [3.63, 3.8) is 0 Å². The Kier molecular flexibility index (Phi) is 15.7. The van der Waals surface area contributed by atoms with E-state index in [9.17, 15) is 14.4 Å². The number of rotatable bonds is 20. The molecule has 0 fully saturated rings. The van der Waals surface area contributed by atoms with Gasteiger partial charge >= 0.3 is 0 Å². The number of nitrogens with one attached hydrogen (secondary N) is 1. The van der Waals surface area contributed by atoms with Gasteiger partial charge in [-0.15, -0.1) is 0 Å². The quantitative estimate of drug-likeness (QED) is 0.228. The molecule has 0 aliphatic carbocycles. The standard InChI is InChI=1S/C21H36N2O7/c1-2-11-27-13-15-29-17-18-30-16-14-28-12-9-22-19(24)6-4-3-5-10-23-20(25)7-8-21(23)26/h7-8H,2-6,9-18H2,1H3,(H,22,24). The number of nitrogens with zero attached hydrogens (tertiary/aromatic N) is 1. The Morgan fingerprint density at radius 2 is 1.33 bits per heavy atom. The lowest BCUT2D eigenvalue weighted by molar-refractivity contribution is -0.137. The van der Waals surface area contributed by atoms with Gasteiger partial charge in [0.25, 0.3) is 11.8 Å². The molecule has 1 heterocycles. The van der Waals surface area contributed by atoms with E-state index < -0.39 is 0 Å². The van der Waals surface area contributed by atoms with E-state index in [1.807, 2.05) is 0 Å². The number of imide groups is 1. The van der Waals surface area contributed by atoms with Crippen molar-refractivity contribution in [2.24, 2.45) is 0 Å². The average molecular weight is 429 g/mol. The first kappa shape index (κ1) is 26.2. The van der Waals surface area contributed by atoms with Gasteiger partial charge in [-0.3, -0.25) is 19.3 Å². The van der Waals surface area contributed by atoms with Crippen LogP contribution in [0.2, 0.25) is 0 Å². The Bertz CT molecular complexity index is 507. The second-order valence-electron chi connectivity index (χ2n) is 6.77. The van der Waals surface area contributed by atoms with Crippen LogP contribution in [0, 0.1) is 0 Å². The maximum atomic E-state index is 11.7. The molecule has 1 aliphatic rings. The normalized spacial score (nSPS) is 13.4. The van der Waals surface area contributed by atoms with Gasteiger partial charge in [0, 0.05) is 38.3 Å². The van der Waals surface area contributed by atoms with E-state index in [1.165, 1.54) is 17.1 Å². The Morgan fingerprint density at radius 1 is 0.800 bits per heavy atom. The van der Waals surface area contributed by atoms with Gasteiger partial charge in [-0.05, 0) is 19.3 Å². The molecule has 0 saturated carbocycles. The molecule has 0 atom stereocenters. The summed E-state index contributed by atoms with van der Waals surface area (Å²) in [5, 5.41) is 2.80. The van der Waals surface area contributed by atoms with Crippen LogP contribution in [0.1, 0.15) is 39.0 Å². The fraction of sp³-hybridized carbons (Fsp3) is 0.762. The van der Waals surface area contributed by atoms with Crippen LogP contribution in [0.15, 0.2) is 12.2 Å². The molecular formula is C21H36N2O7. The lowest BCUT2D eigenvalue weighted by Gasteiger charge is -2.13. The van der Waals surface area contributed by atoms with Crippen LogP contribution in [-0.4, -0.2) is 88.6 Å². The van der Waals surface area contributed by atoms with E-state index >= 15 is 0 Å². The topological polar surface area (TPSA) is 103 Å². The predicted octanol–water partition coefficient (Wildman–Crippen LogP) is 1.06. The molecular weight excluding hydrogens is 392 g/mol. The van der Waals surface area contributed by atoms with Crippen molar-refractivity contribution >= 4 is 17.7 Å². The maximum absolute atomic E-state index is 11.7. The molecule has 0 aromatic rings. The zero-order valence-electron chi connectivity index (χ0n) is 18.1. The molecule has 1 aliphatic heterocycles. The van der Waals surface area contributed by atoms with Crippen molar-refractivity contribution in [2.45, 2.75) is 39.0 Å². The number of unbranched alkanes of at least 4 members (excludes halogenated alkanes) is 2. The lowest BCUT2D eigenvalue weighted by Crippen LogP contribution is -2.31. The highest BCUT2D eigenvalue weighted by molar-refractivity contribution is 6.12. The summed E-state index contributed by atoms with van der Waals surface area (Å²) in [7, 11) is 0. The summed E-state index contributed by atoms with van der Waals surface area (Å²) in [5.74, 6) is -0.543. The Balaban J connectivity index is 1.78. The summed E-state index contributed by atoms with van der Waals surface area (Å²) in [6.45, 7) is 7.34. The van der Waals surface area contributed by atoms with E-state index in [4.69, 9.17) is 18.9 Å². The summed E-state index contributed by atoms with van der Waals surface area (Å²) < 4.78 is 21.4. The number of hydrogen-bond acceptors (Lipinski definition) is 7. The molecule has 0 aromatic heterocycles. The Hall–Kier alpha value is -1.81. The minimum Gasteiger partial charge on any atom is -0.379 e. The highest BCUT2D eigenvalue weighted by Crippen LogP contribution is 2.07. The molecule has 1 N–H and O–H groups in total. The average Bonchev–Trinajstić information content (AvgIpc) is 3.05. The molecule has 1 rings (SSSR count). The third kappa shape index (κ3) is 13.4. The lowest BCUT2D eigenvalue weighted by atomic mass is 10.2. The van der Waals surface area contributed by atoms with Crippen molar-refractivity contribution in [1.82, 2.24) is 10.2 Å². The maximum Gasteiger partial charge on any atom is 0.253 e. The van der Waals surface area contributed by atoms with Crippen molar-refractivity contribution in [2.75, 3.05) is 65.9 Å². The van der Waals surface area contributed by atoms with Crippen LogP contribution >= 0.6 is 0 Å². The van der Waals surface area contributed by atoms with Crippen LogP contribution in [0.25, 0.3) is 0 Å². The second-order valence-corrected chi connectivity index (χ2v) is 6.77. The molecule has 0 aromatic carbocycles. The van der Waals surface area contributed by atoms with Crippen LogP contribution in [0.3, 0.4) is 0 Å². The molecule has 0 unspecified atom stereocenters. The molecule has 3 amide bonds. The Labute approximate surface area is 179 Å². The van der Waals surface area contributed by atoms with Crippen LogP contribution < -0.4 is 5.32 Å². The van der Waals surface area contributed by atoms with Crippen LogP contribution in [-0.2, 0) is 33.3 Å². The third-order valence-corrected chi connectivity index (χ3v) is 4.22. The number of hydrogen-bond donors (Lipinski definition) is 1. The number of carbonyl (C=O) groups excluding carboxylic acids is 3. The van der Waals surface area contributed by atoms with Crippen molar-refractivity contribution in [3.05, 3.63) is 12.2 Å². The monoisotopic (exact) mass is 428 g/mol. The first-order chi connectivity index (χ1) is 14.6. The number of ether oxygens (including phenoxy) is 4. The van der Waals surface area contributed by atoms with Crippen molar-refractivity contribution < 1.29 is 33.3 Å². The molecule has 30 heavy (non-hydrogen) atoms. The van der Waals surface area contributed by atoms with Crippen molar-refractivity contribution in [1.29, 1.82) is 0 Å². The first-order valence-corrected chi connectivity index (χ1v) is 10.8. The fourth-order valence-electron chi connectivity index (χ4n) is 2.64. The third-order valence-electron chi connectivity index (χ3n) is 4.22. The van der Waals surface area contributed by atoms with Gasteiger partial charge in [0.2, 0.25) is 5.91 Å². The molecule has 9 nitrogen and oxygen atoms in total. The van der Waals surface area contributed by atoms with Crippen molar-refractivity contribution in [3.8, 4) is 0 Å². The number of carbonyl (C=O) groups is 3. The minimum atomic E-state index is -0.260. The number of amides is 3. The van der Waals surface area contributed by atoms with Gasteiger partial charge in [-0.2, -0.15) is 0 Å². The molecule has 0 bridgehead atoms. The van der Waals surface area contributed by atoms with Gasteiger partial charge < -0.3 is 24.3 Å². The molecule has 172 valence electrons. The summed E-state index contributed by atoms with van der Waals surface area (Å²) in [6.07, 6.45) is 6.21. The zero-order chi connectivity index (χ0) is 21.9. The molecule has 0 spiro atoms. The summed E-state index contributed by atoms with van der Waals surface area (Å²) in [5.41, 5.74) is 0. The summed E-state index contributed by atoms with van der Waals surface area (Å²) in [4.78, 5) is 35.7. The molecule has 0 radical (unpaired) electrons. The van der Waals surface area contributed by atoms with Gasteiger partial charge in [0.15, 0.2) is 0 Å². The predicted molar refractivity (Wildman–Crippen MR) is 111 cm³/mol. The minimum absolute atomic E-state index is 0.0232. The highest BCUT2D eigenvalue weighted by Gasteiger charge is 2.22. The van der Waals surface area contributed by atoms with Crippen LogP contribution in [0.4, 0.5) is 0 Å².